The number of likely N-dealkylation sites (tertiary alicyclic amines) is 1. The van der Waals surface area contributed by atoms with Gasteiger partial charge in [0.05, 0.1) is 4.91 Å². The van der Waals surface area contributed by atoms with Crippen molar-refractivity contribution in [3.63, 3.8) is 0 Å². The molecule has 1 aromatic carbocycles. The van der Waals surface area contributed by atoms with E-state index in [1.54, 1.807) is 0 Å². The molecular weight excluding hydrogens is 317 g/mol. The number of amidine groups is 1. The van der Waals surface area contributed by atoms with Crippen LogP contribution in [-0.4, -0.2) is 59.2 Å². The molecule has 0 unspecified atom stereocenters. The van der Waals surface area contributed by atoms with Crippen LogP contribution in [0.2, 0.25) is 0 Å². The second-order valence-corrected chi connectivity index (χ2v) is 6.87. The Labute approximate surface area is 138 Å². The van der Waals surface area contributed by atoms with E-state index in [-0.39, 0.29) is 17.2 Å². The Bertz CT molecular complexity index is 703. The molecule has 0 saturated carbocycles. The number of hydrogen-bond donors (Lipinski definition) is 1. The number of rotatable bonds is 2. The molecule has 1 fully saturated rings. The molecule has 1 amide bonds. The number of likely N-dealkylation sites (N-methyl/N-ethyl adjacent to an activating group) is 1. The molecule has 5 nitrogen and oxygen atoms in total. The Kier molecular flexibility index (Phi) is 4.41. The van der Waals surface area contributed by atoms with Crippen molar-refractivity contribution in [2.24, 2.45) is 4.99 Å². The molecule has 1 N–H and O–H groups in total. The number of carbonyl (C=O) groups excluding carboxylic acids is 1. The molecule has 1 atom stereocenters. The highest BCUT2D eigenvalue weighted by Crippen LogP contribution is 2.33. The Morgan fingerprint density at radius 2 is 2.26 bits per heavy atom. The van der Waals surface area contributed by atoms with Crippen LogP contribution in [0.15, 0.2) is 28.1 Å². The number of thioether (sulfide) groups is 1. The summed E-state index contributed by atoms with van der Waals surface area (Å²) < 4.78 is 13.3. The number of phenols is 1. The van der Waals surface area contributed by atoms with Gasteiger partial charge in [0.1, 0.15) is 11.6 Å². The average molecular weight is 335 g/mol. The van der Waals surface area contributed by atoms with Crippen LogP contribution < -0.4 is 0 Å². The quantitative estimate of drug-likeness (QED) is 0.839. The van der Waals surface area contributed by atoms with Gasteiger partial charge in [0.25, 0.3) is 5.91 Å². The van der Waals surface area contributed by atoms with Crippen molar-refractivity contribution in [2.75, 3.05) is 27.2 Å². The number of amides is 1. The fourth-order valence-corrected chi connectivity index (χ4v) is 3.59. The predicted molar refractivity (Wildman–Crippen MR) is 89.7 cm³/mol. The molecular formula is C16H18FN3O2S. The number of phenolic OH excluding ortho intramolecular Hbond substituents is 1. The van der Waals surface area contributed by atoms with Crippen LogP contribution >= 0.6 is 11.8 Å². The Balaban J connectivity index is 1.75. The van der Waals surface area contributed by atoms with Gasteiger partial charge < -0.3 is 14.9 Å². The number of benzene rings is 1. The van der Waals surface area contributed by atoms with Crippen molar-refractivity contribution in [3.05, 3.63) is 34.5 Å². The van der Waals surface area contributed by atoms with E-state index < -0.39 is 5.82 Å². The molecule has 2 aliphatic heterocycles. The van der Waals surface area contributed by atoms with Crippen molar-refractivity contribution in [1.82, 2.24) is 9.80 Å². The average Bonchev–Trinajstić information content (AvgIpc) is 3.10. The molecule has 2 heterocycles. The van der Waals surface area contributed by atoms with E-state index in [2.05, 4.69) is 14.8 Å². The highest BCUT2D eigenvalue weighted by atomic mass is 32.2. The standard InChI is InChI=1S/C16H18FN3O2S/c1-19(2)12-5-6-20(9-12)16-18-15(22)14(23-16)8-10-7-11(17)3-4-13(10)21/h3-4,7-8,12,21H,5-6,9H2,1-2H3/b14-8+/t12-/m1/s1. The van der Waals surface area contributed by atoms with Crippen molar-refractivity contribution in [1.29, 1.82) is 0 Å². The zero-order valence-corrected chi connectivity index (χ0v) is 13.8. The summed E-state index contributed by atoms with van der Waals surface area (Å²) >= 11 is 1.27. The van der Waals surface area contributed by atoms with E-state index >= 15 is 0 Å². The van der Waals surface area contributed by atoms with Crippen LogP contribution in [0.3, 0.4) is 0 Å². The maximum absolute atomic E-state index is 13.3. The van der Waals surface area contributed by atoms with E-state index in [4.69, 9.17) is 0 Å². The van der Waals surface area contributed by atoms with Gasteiger partial charge in [-0.15, -0.1) is 0 Å². The predicted octanol–water partition coefficient (Wildman–Crippen LogP) is 2.14. The first kappa shape index (κ1) is 16.0. The second kappa shape index (κ2) is 6.33. The largest absolute Gasteiger partial charge is 0.507 e. The lowest BCUT2D eigenvalue weighted by molar-refractivity contribution is -0.113. The van der Waals surface area contributed by atoms with E-state index in [9.17, 15) is 14.3 Å². The zero-order valence-electron chi connectivity index (χ0n) is 13.0. The Morgan fingerprint density at radius 1 is 1.48 bits per heavy atom. The molecule has 0 aliphatic carbocycles. The minimum Gasteiger partial charge on any atom is -0.507 e. The number of carbonyl (C=O) groups is 1. The third-order valence-electron chi connectivity index (χ3n) is 4.05. The van der Waals surface area contributed by atoms with Crippen molar-refractivity contribution in [2.45, 2.75) is 12.5 Å². The smallest absolute Gasteiger partial charge is 0.286 e. The van der Waals surface area contributed by atoms with Gasteiger partial charge in [-0.05, 0) is 56.6 Å². The van der Waals surface area contributed by atoms with Gasteiger partial charge in [0, 0.05) is 24.7 Å². The van der Waals surface area contributed by atoms with Gasteiger partial charge in [-0.25, -0.2) is 4.39 Å². The number of nitrogens with zero attached hydrogens (tertiary/aromatic N) is 3. The molecule has 0 radical (unpaired) electrons. The van der Waals surface area contributed by atoms with E-state index in [0.717, 1.165) is 19.5 Å². The Morgan fingerprint density at radius 3 is 2.96 bits per heavy atom. The summed E-state index contributed by atoms with van der Waals surface area (Å²) in [4.78, 5) is 20.8. The summed E-state index contributed by atoms with van der Waals surface area (Å²) in [7, 11) is 4.09. The third kappa shape index (κ3) is 3.40. The molecule has 1 aromatic rings. The van der Waals surface area contributed by atoms with E-state index in [1.165, 1.54) is 36.0 Å². The summed E-state index contributed by atoms with van der Waals surface area (Å²) in [5, 5.41) is 10.5. The molecule has 2 aliphatic rings. The van der Waals surface area contributed by atoms with Gasteiger partial charge in [0.2, 0.25) is 0 Å². The molecule has 122 valence electrons. The lowest BCUT2D eigenvalue weighted by Crippen LogP contribution is -2.33. The number of hydrogen-bond acceptors (Lipinski definition) is 5. The summed E-state index contributed by atoms with van der Waals surface area (Å²) in [6.07, 6.45) is 2.52. The van der Waals surface area contributed by atoms with Gasteiger partial charge >= 0.3 is 0 Å². The second-order valence-electron chi connectivity index (χ2n) is 5.87. The maximum Gasteiger partial charge on any atom is 0.286 e. The molecule has 0 aromatic heterocycles. The molecule has 1 saturated heterocycles. The lowest BCUT2D eigenvalue weighted by Gasteiger charge is -2.20. The number of halogens is 1. The molecule has 3 rings (SSSR count). The minimum absolute atomic E-state index is 0.0606. The van der Waals surface area contributed by atoms with Crippen LogP contribution in [0.1, 0.15) is 12.0 Å². The monoisotopic (exact) mass is 335 g/mol. The fourth-order valence-electron chi connectivity index (χ4n) is 2.65. The molecule has 0 bridgehead atoms. The number of aliphatic imine (C=N–C) groups is 1. The first-order valence-corrected chi connectivity index (χ1v) is 8.18. The SMILES string of the molecule is CN(C)[C@@H]1CCN(C2=NC(=O)/C(=C\c3cc(F)ccc3O)S2)C1. The van der Waals surface area contributed by atoms with Gasteiger partial charge in [-0.2, -0.15) is 4.99 Å². The van der Waals surface area contributed by atoms with Crippen LogP contribution in [0.25, 0.3) is 6.08 Å². The van der Waals surface area contributed by atoms with Gasteiger partial charge in [-0.1, -0.05) is 0 Å². The van der Waals surface area contributed by atoms with Crippen molar-refractivity contribution < 1.29 is 14.3 Å². The van der Waals surface area contributed by atoms with Crippen LogP contribution in [0.5, 0.6) is 5.75 Å². The molecule has 7 heteroatoms. The van der Waals surface area contributed by atoms with Crippen molar-refractivity contribution >= 4 is 28.9 Å². The van der Waals surface area contributed by atoms with Gasteiger partial charge in [0.15, 0.2) is 5.17 Å². The fraction of sp³-hybridized carbons (Fsp3) is 0.375. The summed E-state index contributed by atoms with van der Waals surface area (Å²) in [5.74, 6) is -0.865. The highest BCUT2D eigenvalue weighted by Gasteiger charge is 2.32. The zero-order chi connectivity index (χ0) is 16.6. The highest BCUT2D eigenvalue weighted by molar-refractivity contribution is 8.18. The maximum atomic E-state index is 13.3. The first-order chi connectivity index (χ1) is 10.9. The van der Waals surface area contributed by atoms with Crippen molar-refractivity contribution in [3.8, 4) is 5.75 Å². The molecule has 0 spiro atoms. The van der Waals surface area contributed by atoms with Crippen LogP contribution in [-0.2, 0) is 4.79 Å². The number of aromatic hydroxyl groups is 1. The normalized spacial score (nSPS) is 23.2. The summed E-state index contributed by atoms with van der Waals surface area (Å²) in [5.41, 5.74) is 0.282. The van der Waals surface area contributed by atoms with E-state index in [0.29, 0.717) is 16.1 Å². The first-order valence-electron chi connectivity index (χ1n) is 7.36. The van der Waals surface area contributed by atoms with Crippen LogP contribution in [0.4, 0.5) is 4.39 Å². The minimum atomic E-state index is -0.459. The van der Waals surface area contributed by atoms with Crippen LogP contribution in [0, 0.1) is 5.82 Å². The summed E-state index contributed by atoms with van der Waals surface area (Å²) in [6, 6.07) is 4.10. The topological polar surface area (TPSA) is 56.1 Å². The third-order valence-corrected chi connectivity index (χ3v) is 5.09. The lowest BCUT2D eigenvalue weighted by atomic mass is 10.2. The summed E-state index contributed by atoms with van der Waals surface area (Å²) in [6.45, 7) is 1.70. The van der Waals surface area contributed by atoms with Gasteiger partial charge in [-0.3, -0.25) is 4.79 Å². The van der Waals surface area contributed by atoms with E-state index in [1.807, 2.05) is 14.1 Å². The Hall–Kier alpha value is -1.86. The molecule has 23 heavy (non-hydrogen) atoms.